The molecule has 1 aliphatic rings. The third kappa shape index (κ3) is 4.97. The number of halogens is 2. The number of likely N-dealkylation sites (tertiary alicyclic amines) is 1. The van der Waals surface area contributed by atoms with Gasteiger partial charge in [0.2, 0.25) is 0 Å². The Bertz CT molecular complexity index is 1140. The van der Waals surface area contributed by atoms with Crippen LogP contribution < -0.4 is 0 Å². The number of hydrogen-bond donors (Lipinski definition) is 0. The zero-order chi connectivity index (χ0) is 22.6. The molecule has 0 saturated carbocycles. The number of aromatic nitrogens is 1. The first kappa shape index (κ1) is 22.1. The van der Waals surface area contributed by atoms with Crippen molar-refractivity contribution in [1.29, 1.82) is 0 Å². The molecule has 1 atom stereocenters. The number of benzene rings is 3. The maximum absolute atomic E-state index is 6.62. The van der Waals surface area contributed by atoms with E-state index in [0.29, 0.717) is 10.2 Å². The van der Waals surface area contributed by atoms with Gasteiger partial charge in [-0.25, -0.2) is 4.98 Å². The molecule has 1 aliphatic heterocycles. The Morgan fingerprint density at radius 2 is 1.24 bits per heavy atom. The van der Waals surface area contributed by atoms with Crippen molar-refractivity contribution >= 4 is 23.2 Å². The van der Waals surface area contributed by atoms with Crippen LogP contribution in [-0.2, 0) is 4.74 Å². The number of ether oxygens (including phenoxy) is 1. The third-order valence-electron chi connectivity index (χ3n) is 6.02. The van der Waals surface area contributed by atoms with Gasteiger partial charge < -0.3 is 4.74 Å². The van der Waals surface area contributed by atoms with Gasteiger partial charge in [0.25, 0.3) is 0 Å². The predicted molar refractivity (Wildman–Crippen MR) is 134 cm³/mol. The van der Waals surface area contributed by atoms with Gasteiger partial charge in [0.15, 0.2) is 0 Å². The molecule has 5 heteroatoms. The lowest BCUT2D eigenvalue weighted by atomic mass is 9.93. The summed E-state index contributed by atoms with van der Waals surface area (Å²) in [5.41, 5.74) is 4.54. The zero-order valence-corrected chi connectivity index (χ0v) is 19.5. The Kier molecular flexibility index (Phi) is 6.75. The normalized spacial score (nSPS) is 15.4. The minimum Gasteiger partial charge on any atom is -0.363 e. The van der Waals surface area contributed by atoms with Gasteiger partial charge in [0.05, 0.1) is 17.2 Å². The molecule has 3 nitrogen and oxygen atoms in total. The fourth-order valence-corrected chi connectivity index (χ4v) is 4.68. The van der Waals surface area contributed by atoms with E-state index in [9.17, 15) is 0 Å². The molecular weight excluding hydrogens is 451 g/mol. The van der Waals surface area contributed by atoms with Crippen molar-refractivity contribution in [2.45, 2.75) is 18.2 Å². The Morgan fingerprint density at radius 3 is 1.76 bits per heavy atom. The molecule has 2 heterocycles. The van der Waals surface area contributed by atoms with E-state index >= 15 is 0 Å². The van der Waals surface area contributed by atoms with Crippen LogP contribution in [0.25, 0.3) is 0 Å². The summed E-state index contributed by atoms with van der Waals surface area (Å²) in [5.74, 6) is 0. The minimum atomic E-state index is -0.257. The maximum atomic E-state index is 6.62. The molecule has 4 aromatic rings. The summed E-state index contributed by atoms with van der Waals surface area (Å²) in [4.78, 5) is 6.70. The van der Waals surface area contributed by atoms with Gasteiger partial charge >= 0.3 is 0 Å². The fraction of sp³-hybridized carbons (Fsp3) is 0.179. The minimum absolute atomic E-state index is 0.0968. The highest BCUT2D eigenvalue weighted by molar-refractivity contribution is 6.41. The highest BCUT2D eigenvalue weighted by Crippen LogP contribution is 2.36. The lowest BCUT2D eigenvalue weighted by Crippen LogP contribution is -2.54. The summed E-state index contributed by atoms with van der Waals surface area (Å²) < 4.78 is 6.62. The number of pyridine rings is 1. The van der Waals surface area contributed by atoms with Crippen LogP contribution in [0.5, 0.6) is 0 Å². The SMILES string of the molecule is Clc1cc(C(OC2CN(C(c3ccccc3)c3ccccc3)C2)c2ccccc2)cnc1Cl. The third-order valence-corrected chi connectivity index (χ3v) is 6.71. The van der Waals surface area contributed by atoms with Crippen molar-refractivity contribution in [3.8, 4) is 0 Å². The Balaban J connectivity index is 1.36. The van der Waals surface area contributed by atoms with Crippen LogP contribution >= 0.6 is 23.2 Å². The first-order valence-corrected chi connectivity index (χ1v) is 11.8. The second-order valence-electron chi connectivity index (χ2n) is 8.27. The van der Waals surface area contributed by atoms with Crippen molar-refractivity contribution in [2.75, 3.05) is 13.1 Å². The lowest BCUT2D eigenvalue weighted by molar-refractivity contribution is -0.0911. The van der Waals surface area contributed by atoms with Crippen molar-refractivity contribution in [1.82, 2.24) is 9.88 Å². The van der Waals surface area contributed by atoms with Gasteiger partial charge in [0.1, 0.15) is 11.3 Å². The Morgan fingerprint density at radius 1 is 0.727 bits per heavy atom. The van der Waals surface area contributed by atoms with E-state index in [0.717, 1.165) is 24.2 Å². The van der Waals surface area contributed by atoms with Gasteiger partial charge in [0, 0.05) is 24.8 Å². The van der Waals surface area contributed by atoms with Crippen LogP contribution in [0.4, 0.5) is 0 Å². The number of nitrogens with zero attached hydrogens (tertiary/aromatic N) is 2. The van der Waals surface area contributed by atoms with Crippen molar-refractivity contribution < 1.29 is 4.74 Å². The fourth-order valence-electron chi connectivity index (χ4n) is 4.40. The van der Waals surface area contributed by atoms with Gasteiger partial charge in [-0.15, -0.1) is 0 Å². The molecule has 1 unspecified atom stereocenters. The Labute approximate surface area is 204 Å². The number of rotatable bonds is 7. The molecule has 0 radical (unpaired) electrons. The molecule has 0 spiro atoms. The van der Waals surface area contributed by atoms with Crippen LogP contribution in [0.15, 0.2) is 103 Å². The quantitative estimate of drug-likeness (QED) is 0.270. The van der Waals surface area contributed by atoms with Crippen LogP contribution in [0, 0.1) is 0 Å². The van der Waals surface area contributed by atoms with Gasteiger partial charge in [-0.1, -0.05) is 114 Å². The molecule has 166 valence electrons. The van der Waals surface area contributed by atoms with Crippen LogP contribution in [0.3, 0.4) is 0 Å². The van der Waals surface area contributed by atoms with Crippen LogP contribution in [0.2, 0.25) is 10.2 Å². The van der Waals surface area contributed by atoms with Crippen LogP contribution in [0.1, 0.15) is 34.4 Å². The molecule has 0 N–H and O–H groups in total. The molecule has 1 aromatic heterocycles. The molecule has 3 aromatic carbocycles. The average Bonchev–Trinajstić information content (AvgIpc) is 2.84. The van der Waals surface area contributed by atoms with E-state index in [2.05, 4.69) is 82.7 Å². The molecule has 5 rings (SSSR count). The summed E-state index contributed by atoms with van der Waals surface area (Å²) in [6.45, 7) is 1.68. The summed E-state index contributed by atoms with van der Waals surface area (Å²) in [7, 11) is 0. The monoisotopic (exact) mass is 474 g/mol. The largest absolute Gasteiger partial charge is 0.363 e. The molecule has 0 aliphatic carbocycles. The molecular formula is C28H24Cl2N2O. The van der Waals surface area contributed by atoms with Crippen molar-refractivity contribution in [2.24, 2.45) is 0 Å². The van der Waals surface area contributed by atoms with E-state index in [-0.39, 0.29) is 18.2 Å². The molecule has 1 saturated heterocycles. The first-order valence-electron chi connectivity index (χ1n) is 11.0. The van der Waals surface area contributed by atoms with Crippen molar-refractivity contribution in [3.63, 3.8) is 0 Å². The predicted octanol–water partition coefficient (Wildman–Crippen LogP) is 6.97. The van der Waals surface area contributed by atoms with E-state index in [1.165, 1.54) is 11.1 Å². The molecule has 0 bridgehead atoms. The highest BCUT2D eigenvalue weighted by Gasteiger charge is 2.36. The van der Waals surface area contributed by atoms with Gasteiger partial charge in [-0.05, 0) is 22.8 Å². The lowest BCUT2D eigenvalue weighted by Gasteiger charge is -2.45. The topological polar surface area (TPSA) is 25.4 Å². The average molecular weight is 475 g/mol. The zero-order valence-electron chi connectivity index (χ0n) is 18.0. The highest BCUT2D eigenvalue weighted by atomic mass is 35.5. The Hall–Kier alpha value is -2.69. The maximum Gasteiger partial charge on any atom is 0.147 e. The van der Waals surface area contributed by atoms with E-state index in [1.807, 2.05) is 24.3 Å². The summed E-state index contributed by atoms with van der Waals surface area (Å²) >= 11 is 12.3. The standard InChI is InChI=1S/C28H24Cl2N2O/c29-25-16-23(17-31-28(25)30)27(22-14-8-3-9-15-22)33-24-18-32(19-24)26(20-10-4-1-5-11-20)21-12-6-2-7-13-21/h1-17,24,26-27H,18-19H2. The van der Waals surface area contributed by atoms with Crippen molar-refractivity contribution in [3.05, 3.63) is 136 Å². The summed E-state index contributed by atoms with van der Waals surface area (Å²) in [5, 5.41) is 0.734. The summed E-state index contributed by atoms with van der Waals surface area (Å²) in [6, 6.07) is 33.5. The van der Waals surface area contributed by atoms with E-state index in [1.54, 1.807) is 6.20 Å². The van der Waals surface area contributed by atoms with Crippen LogP contribution in [-0.4, -0.2) is 29.1 Å². The second kappa shape index (κ2) is 10.1. The number of hydrogen-bond acceptors (Lipinski definition) is 3. The van der Waals surface area contributed by atoms with Gasteiger partial charge in [-0.3, -0.25) is 4.90 Å². The summed E-state index contributed by atoms with van der Waals surface area (Å²) in [6.07, 6.45) is 1.59. The smallest absolute Gasteiger partial charge is 0.147 e. The second-order valence-corrected chi connectivity index (χ2v) is 9.03. The van der Waals surface area contributed by atoms with E-state index < -0.39 is 0 Å². The first-order chi connectivity index (χ1) is 16.2. The van der Waals surface area contributed by atoms with Gasteiger partial charge in [-0.2, -0.15) is 0 Å². The molecule has 1 fully saturated rings. The molecule has 0 amide bonds. The molecule has 33 heavy (non-hydrogen) atoms. The van der Waals surface area contributed by atoms with E-state index in [4.69, 9.17) is 27.9 Å².